The molecule has 8 heteroatoms. The second-order valence-corrected chi connectivity index (χ2v) is 7.64. The summed E-state index contributed by atoms with van der Waals surface area (Å²) in [6.45, 7) is 7.64. The smallest absolute Gasteiger partial charge is 0.199 e. The Morgan fingerprint density at radius 3 is 2.37 bits per heavy atom. The van der Waals surface area contributed by atoms with E-state index in [9.17, 15) is 0 Å². The average molecular weight is 426 g/mol. The van der Waals surface area contributed by atoms with Gasteiger partial charge in [0.2, 0.25) is 0 Å². The normalized spacial score (nSPS) is 13.8. The van der Waals surface area contributed by atoms with Crippen LogP contribution in [0.4, 0.5) is 0 Å². The predicted molar refractivity (Wildman–Crippen MR) is 118 cm³/mol. The Morgan fingerprint density at radius 2 is 1.70 bits per heavy atom. The maximum atomic E-state index is 5.81. The SMILES string of the molecule is CCOc1cc2c(cc1OCC)CN(Cn1nc(-c3ccncc3)n(C)c1=S)CC2. The van der Waals surface area contributed by atoms with Crippen molar-refractivity contribution in [3.63, 3.8) is 0 Å². The van der Waals surface area contributed by atoms with Gasteiger partial charge in [-0.2, -0.15) is 5.10 Å². The molecule has 158 valence electrons. The van der Waals surface area contributed by atoms with E-state index in [1.165, 1.54) is 11.1 Å². The van der Waals surface area contributed by atoms with Crippen LogP contribution in [0.1, 0.15) is 25.0 Å². The number of fused-ring (bicyclic) bond motifs is 1. The summed E-state index contributed by atoms with van der Waals surface area (Å²) < 4.78 is 16.1. The Kier molecular flexibility index (Phi) is 6.15. The number of hydrogen-bond donors (Lipinski definition) is 0. The lowest BCUT2D eigenvalue weighted by Crippen LogP contribution is -2.33. The van der Waals surface area contributed by atoms with Crippen molar-refractivity contribution in [3.05, 3.63) is 52.6 Å². The molecule has 4 rings (SSSR count). The Morgan fingerprint density at radius 1 is 1.03 bits per heavy atom. The highest BCUT2D eigenvalue weighted by Crippen LogP contribution is 2.34. The standard InChI is InChI=1S/C22H27N5O2S/c1-4-28-19-12-17-8-11-26(14-18(17)13-20(19)29-5-2)15-27-22(30)25(3)21(24-27)16-6-9-23-10-7-16/h6-7,9-10,12-13H,4-5,8,11,14-15H2,1-3H3. The van der Waals surface area contributed by atoms with Crippen molar-refractivity contribution in [2.75, 3.05) is 19.8 Å². The lowest BCUT2D eigenvalue weighted by atomic mass is 9.99. The quantitative estimate of drug-likeness (QED) is 0.537. The Hall–Kier alpha value is -2.71. The van der Waals surface area contributed by atoms with Gasteiger partial charge in [0.25, 0.3) is 0 Å². The number of benzene rings is 1. The fourth-order valence-electron chi connectivity index (χ4n) is 3.80. The first-order valence-electron chi connectivity index (χ1n) is 10.3. The van der Waals surface area contributed by atoms with Gasteiger partial charge in [0.05, 0.1) is 19.9 Å². The summed E-state index contributed by atoms with van der Waals surface area (Å²) in [6, 6.07) is 8.15. The second-order valence-electron chi connectivity index (χ2n) is 7.28. The van der Waals surface area contributed by atoms with Gasteiger partial charge in [0, 0.05) is 38.1 Å². The van der Waals surface area contributed by atoms with Crippen LogP contribution in [-0.4, -0.2) is 44.0 Å². The molecule has 0 unspecified atom stereocenters. The van der Waals surface area contributed by atoms with Crippen LogP contribution >= 0.6 is 12.2 Å². The lowest BCUT2D eigenvalue weighted by Gasteiger charge is -2.29. The summed E-state index contributed by atoms with van der Waals surface area (Å²) >= 11 is 5.65. The largest absolute Gasteiger partial charge is 0.490 e. The van der Waals surface area contributed by atoms with Crippen LogP contribution in [0.15, 0.2) is 36.7 Å². The molecule has 1 aliphatic heterocycles. The molecule has 0 saturated heterocycles. The highest BCUT2D eigenvalue weighted by molar-refractivity contribution is 7.71. The molecule has 0 aliphatic carbocycles. The second kappa shape index (κ2) is 8.97. The minimum atomic E-state index is 0.615. The zero-order valence-electron chi connectivity index (χ0n) is 17.7. The molecule has 2 aromatic heterocycles. The van der Waals surface area contributed by atoms with Crippen molar-refractivity contribution in [2.45, 2.75) is 33.5 Å². The molecule has 0 saturated carbocycles. The molecular weight excluding hydrogens is 398 g/mol. The number of nitrogens with zero attached hydrogens (tertiary/aromatic N) is 5. The van der Waals surface area contributed by atoms with Crippen LogP contribution in [0.3, 0.4) is 0 Å². The molecule has 7 nitrogen and oxygen atoms in total. The molecule has 1 aromatic carbocycles. The molecule has 0 fully saturated rings. The van der Waals surface area contributed by atoms with Gasteiger partial charge in [-0.1, -0.05) is 0 Å². The van der Waals surface area contributed by atoms with E-state index in [0.29, 0.717) is 24.7 Å². The van der Waals surface area contributed by atoms with Gasteiger partial charge < -0.3 is 14.0 Å². The molecule has 0 N–H and O–H groups in total. The van der Waals surface area contributed by atoms with Crippen LogP contribution in [-0.2, 0) is 26.7 Å². The van der Waals surface area contributed by atoms with E-state index in [1.807, 2.05) is 42.3 Å². The van der Waals surface area contributed by atoms with Crippen molar-refractivity contribution in [3.8, 4) is 22.9 Å². The first-order chi connectivity index (χ1) is 14.6. The molecule has 0 bridgehead atoms. The van der Waals surface area contributed by atoms with Gasteiger partial charge in [-0.25, -0.2) is 4.68 Å². The zero-order chi connectivity index (χ0) is 21.1. The van der Waals surface area contributed by atoms with E-state index in [4.69, 9.17) is 26.8 Å². The van der Waals surface area contributed by atoms with Gasteiger partial charge in [0.15, 0.2) is 22.1 Å². The minimum absolute atomic E-state index is 0.615. The first-order valence-corrected chi connectivity index (χ1v) is 10.7. The van der Waals surface area contributed by atoms with Gasteiger partial charge >= 0.3 is 0 Å². The third-order valence-electron chi connectivity index (χ3n) is 5.27. The summed E-state index contributed by atoms with van der Waals surface area (Å²) in [5.41, 5.74) is 3.59. The summed E-state index contributed by atoms with van der Waals surface area (Å²) in [6.07, 6.45) is 4.50. The molecule has 0 spiro atoms. The van der Waals surface area contributed by atoms with E-state index in [2.05, 4.69) is 22.0 Å². The highest BCUT2D eigenvalue weighted by atomic mass is 32.1. The van der Waals surface area contributed by atoms with Crippen molar-refractivity contribution < 1.29 is 9.47 Å². The number of pyridine rings is 1. The molecule has 1 aliphatic rings. The van der Waals surface area contributed by atoms with Crippen molar-refractivity contribution in [2.24, 2.45) is 7.05 Å². The van der Waals surface area contributed by atoms with Crippen LogP contribution < -0.4 is 9.47 Å². The van der Waals surface area contributed by atoms with Gasteiger partial charge in [-0.3, -0.25) is 9.88 Å². The van der Waals surface area contributed by atoms with Gasteiger partial charge in [-0.05, 0) is 67.9 Å². The summed E-state index contributed by atoms with van der Waals surface area (Å²) in [5, 5.41) is 4.78. The van der Waals surface area contributed by atoms with E-state index < -0.39 is 0 Å². The highest BCUT2D eigenvalue weighted by Gasteiger charge is 2.21. The monoisotopic (exact) mass is 425 g/mol. The fourth-order valence-corrected chi connectivity index (χ4v) is 3.99. The molecular formula is C22H27N5O2S. The first kappa shape index (κ1) is 20.6. The summed E-state index contributed by atoms with van der Waals surface area (Å²) in [7, 11) is 1.96. The number of ether oxygens (including phenoxy) is 2. The molecule has 0 amide bonds. The fraction of sp³-hybridized carbons (Fsp3) is 0.409. The van der Waals surface area contributed by atoms with Gasteiger partial charge in [-0.15, -0.1) is 0 Å². The van der Waals surface area contributed by atoms with Crippen molar-refractivity contribution in [1.29, 1.82) is 0 Å². The van der Waals surface area contributed by atoms with E-state index >= 15 is 0 Å². The Bertz CT molecular complexity index is 1080. The Labute approximate surface area is 181 Å². The molecule has 3 heterocycles. The van der Waals surface area contributed by atoms with E-state index in [-0.39, 0.29) is 0 Å². The molecule has 3 aromatic rings. The summed E-state index contributed by atoms with van der Waals surface area (Å²) in [5.74, 6) is 2.50. The van der Waals surface area contributed by atoms with Crippen LogP contribution in [0.25, 0.3) is 11.4 Å². The number of rotatable bonds is 7. The van der Waals surface area contributed by atoms with Crippen LogP contribution in [0.5, 0.6) is 11.5 Å². The zero-order valence-corrected chi connectivity index (χ0v) is 18.5. The maximum Gasteiger partial charge on any atom is 0.199 e. The molecule has 30 heavy (non-hydrogen) atoms. The van der Waals surface area contributed by atoms with Crippen LogP contribution in [0.2, 0.25) is 0 Å². The van der Waals surface area contributed by atoms with Crippen LogP contribution in [0, 0.1) is 4.77 Å². The van der Waals surface area contributed by atoms with Crippen molar-refractivity contribution >= 4 is 12.2 Å². The molecule has 0 radical (unpaired) electrons. The predicted octanol–water partition coefficient (Wildman–Crippen LogP) is 3.83. The van der Waals surface area contributed by atoms with E-state index in [1.54, 1.807) is 12.4 Å². The number of hydrogen-bond acceptors (Lipinski definition) is 6. The Balaban J connectivity index is 1.56. The lowest BCUT2D eigenvalue weighted by molar-refractivity contribution is 0.187. The maximum absolute atomic E-state index is 5.81. The average Bonchev–Trinajstić information content (AvgIpc) is 3.04. The topological polar surface area (TPSA) is 57.3 Å². The van der Waals surface area contributed by atoms with Crippen molar-refractivity contribution in [1.82, 2.24) is 24.2 Å². The third-order valence-corrected chi connectivity index (χ3v) is 5.75. The van der Waals surface area contributed by atoms with E-state index in [0.717, 1.165) is 42.4 Å². The van der Waals surface area contributed by atoms with Gasteiger partial charge in [0.1, 0.15) is 0 Å². The minimum Gasteiger partial charge on any atom is -0.490 e. The summed E-state index contributed by atoms with van der Waals surface area (Å²) in [4.78, 5) is 6.44. The molecule has 0 atom stereocenters. The number of aromatic nitrogens is 4. The third kappa shape index (κ3) is 4.11.